The molecule has 2 aromatic rings. The number of aromatic nitrogens is 1. The van der Waals surface area contributed by atoms with E-state index in [9.17, 15) is 9.50 Å². The summed E-state index contributed by atoms with van der Waals surface area (Å²) in [6.07, 6.45) is -0.568. The number of aliphatic hydroxyl groups excluding tert-OH is 1. The number of thiazole rings is 1. The predicted molar refractivity (Wildman–Crippen MR) is 71.8 cm³/mol. The van der Waals surface area contributed by atoms with Gasteiger partial charge in [-0.25, -0.2) is 9.37 Å². The van der Waals surface area contributed by atoms with E-state index in [1.54, 1.807) is 19.1 Å². The van der Waals surface area contributed by atoms with Gasteiger partial charge in [-0.3, -0.25) is 0 Å². The first-order valence-corrected chi connectivity index (χ1v) is 6.66. The lowest BCUT2D eigenvalue weighted by molar-refractivity contribution is 0.195. The predicted octanol–water partition coefficient (Wildman–Crippen LogP) is 3.49. The van der Waals surface area contributed by atoms with Gasteiger partial charge in [0.2, 0.25) is 0 Å². The van der Waals surface area contributed by atoms with Crippen molar-refractivity contribution in [2.45, 2.75) is 20.0 Å². The minimum Gasteiger partial charge on any atom is -0.387 e. The Balaban J connectivity index is 2.29. The molecule has 0 bridgehead atoms. The third-order valence-corrected chi connectivity index (χ3v) is 3.51. The topological polar surface area (TPSA) is 36.4 Å². The van der Waals surface area contributed by atoms with Crippen molar-refractivity contribution < 1.29 is 9.50 Å². The Kier molecular flexibility index (Phi) is 3.93. The van der Waals surface area contributed by atoms with Crippen LogP contribution < -0.4 is 4.90 Å². The van der Waals surface area contributed by atoms with Gasteiger partial charge in [-0.1, -0.05) is 0 Å². The average molecular weight is 266 g/mol. The molecule has 5 heteroatoms. The highest BCUT2D eigenvalue weighted by molar-refractivity contribution is 7.13. The zero-order chi connectivity index (χ0) is 13.1. The summed E-state index contributed by atoms with van der Waals surface area (Å²) in [5, 5.41) is 12.1. The summed E-state index contributed by atoms with van der Waals surface area (Å²) in [7, 11) is 0. The highest BCUT2D eigenvalue weighted by Gasteiger charge is 2.13. The fraction of sp³-hybridized carbons (Fsp3) is 0.308. The van der Waals surface area contributed by atoms with Gasteiger partial charge in [-0.2, -0.15) is 0 Å². The maximum Gasteiger partial charge on any atom is 0.190 e. The number of anilines is 2. The fourth-order valence-electron chi connectivity index (χ4n) is 1.64. The Hall–Kier alpha value is -1.46. The number of nitrogens with zero attached hydrogens (tertiary/aromatic N) is 2. The molecule has 0 radical (unpaired) electrons. The molecule has 3 nitrogen and oxygen atoms in total. The van der Waals surface area contributed by atoms with Crippen molar-refractivity contribution in [3.8, 4) is 0 Å². The fourth-order valence-corrected chi connectivity index (χ4v) is 2.64. The van der Waals surface area contributed by atoms with Crippen LogP contribution in [0, 0.1) is 5.82 Å². The monoisotopic (exact) mass is 266 g/mol. The third-order valence-electron chi connectivity index (χ3n) is 2.62. The van der Waals surface area contributed by atoms with Crippen LogP contribution in [0.25, 0.3) is 0 Å². The number of rotatable bonds is 4. The van der Waals surface area contributed by atoms with Crippen LogP contribution in [0.15, 0.2) is 29.6 Å². The minimum absolute atomic E-state index is 0.251. The van der Waals surface area contributed by atoms with Gasteiger partial charge in [-0.15, -0.1) is 11.3 Å². The van der Waals surface area contributed by atoms with Crippen LogP contribution in [0.4, 0.5) is 15.2 Å². The van der Waals surface area contributed by atoms with Crippen molar-refractivity contribution in [2.24, 2.45) is 0 Å². The lowest BCUT2D eigenvalue weighted by Crippen LogP contribution is -2.15. The number of hydrogen-bond acceptors (Lipinski definition) is 4. The third kappa shape index (κ3) is 2.68. The zero-order valence-corrected chi connectivity index (χ0v) is 11.1. The maximum absolute atomic E-state index is 12.9. The highest BCUT2D eigenvalue weighted by atomic mass is 32.1. The van der Waals surface area contributed by atoms with E-state index in [-0.39, 0.29) is 5.82 Å². The summed E-state index contributed by atoms with van der Waals surface area (Å²) >= 11 is 1.47. The van der Waals surface area contributed by atoms with Crippen molar-refractivity contribution in [1.29, 1.82) is 0 Å². The van der Waals surface area contributed by atoms with Crippen molar-refractivity contribution in [2.75, 3.05) is 11.4 Å². The smallest absolute Gasteiger partial charge is 0.190 e. The number of benzene rings is 1. The molecule has 0 amide bonds. The molecule has 0 fully saturated rings. The van der Waals surface area contributed by atoms with Gasteiger partial charge in [0.15, 0.2) is 5.13 Å². The van der Waals surface area contributed by atoms with Crippen LogP contribution in [-0.4, -0.2) is 16.6 Å². The second-order valence-electron chi connectivity index (χ2n) is 3.95. The van der Waals surface area contributed by atoms with Gasteiger partial charge >= 0.3 is 0 Å². The molecular formula is C13H15FN2OS. The van der Waals surface area contributed by atoms with E-state index in [4.69, 9.17) is 0 Å². The van der Waals surface area contributed by atoms with Gasteiger partial charge in [0.05, 0.1) is 11.8 Å². The first-order chi connectivity index (χ1) is 8.61. The number of aliphatic hydroxyl groups is 1. The summed E-state index contributed by atoms with van der Waals surface area (Å²) in [5.74, 6) is -0.251. The van der Waals surface area contributed by atoms with E-state index in [2.05, 4.69) is 4.98 Å². The molecule has 0 saturated carbocycles. The SMILES string of the molecule is CCN(c1ccc(F)cc1)c1nc(C(C)O)cs1. The molecule has 0 aliphatic heterocycles. The Bertz CT molecular complexity index is 510. The number of hydrogen-bond donors (Lipinski definition) is 1. The molecule has 0 saturated heterocycles. The summed E-state index contributed by atoms with van der Waals surface area (Å²) in [5.41, 5.74) is 1.56. The molecule has 1 aromatic carbocycles. The molecule has 1 aromatic heterocycles. The van der Waals surface area contributed by atoms with E-state index >= 15 is 0 Å². The van der Waals surface area contributed by atoms with Crippen molar-refractivity contribution in [1.82, 2.24) is 4.98 Å². The van der Waals surface area contributed by atoms with Crippen LogP contribution >= 0.6 is 11.3 Å². The quantitative estimate of drug-likeness (QED) is 0.920. The molecule has 0 aliphatic rings. The Morgan fingerprint density at radius 3 is 2.56 bits per heavy atom. The molecular weight excluding hydrogens is 251 g/mol. The van der Waals surface area contributed by atoms with Gasteiger partial charge < -0.3 is 10.0 Å². The largest absolute Gasteiger partial charge is 0.387 e. The van der Waals surface area contributed by atoms with Gasteiger partial charge in [0.1, 0.15) is 5.82 Å². The zero-order valence-electron chi connectivity index (χ0n) is 10.3. The molecule has 18 heavy (non-hydrogen) atoms. The van der Waals surface area contributed by atoms with E-state index in [0.717, 1.165) is 17.4 Å². The summed E-state index contributed by atoms with van der Waals surface area (Å²) in [6, 6.07) is 6.31. The average Bonchev–Trinajstić information content (AvgIpc) is 2.82. The van der Waals surface area contributed by atoms with Crippen LogP contribution in [0.3, 0.4) is 0 Å². The summed E-state index contributed by atoms with van der Waals surface area (Å²) in [6.45, 7) is 4.43. The van der Waals surface area contributed by atoms with E-state index < -0.39 is 6.10 Å². The molecule has 0 aliphatic carbocycles. The lowest BCUT2D eigenvalue weighted by Gasteiger charge is -2.19. The Labute approximate surface area is 110 Å². The van der Waals surface area contributed by atoms with Crippen molar-refractivity contribution in [3.63, 3.8) is 0 Å². The first-order valence-electron chi connectivity index (χ1n) is 5.78. The van der Waals surface area contributed by atoms with E-state index in [0.29, 0.717) is 5.69 Å². The highest BCUT2D eigenvalue weighted by Crippen LogP contribution is 2.29. The van der Waals surface area contributed by atoms with Gasteiger partial charge in [0, 0.05) is 17.6 Å². The Morgan fingerprint density at radius 2 is 2.06 bits per heavy atom. The van der Waals surface area contributed by atoms with Gasteiger partial charge in [0.25, 0.3) is 0 Å². The Morgan fingerprint density at radius 1 is 1.39 bits per heavy atom. The van der Waals surface area contributed by atoms with E-state index in [1.165, 1.54) is 23.5 Å². The summed E-state index contributed by atoms with van der Waals surface area (Å²) in [4.78, 5) is 6.36. The molecule has 96 valence electrons. The minimum atomic E-state index is -0.568. The molecule has 2 rings (SSSR count). The molecule has 0 spiro atoms. The molecule has 1 atom stereocenters. The van der Waals surface area contributed by atoms with E-state index in [1.807, 2.05) is 17.2 Å². The first kappa shape index (κ1) is 13.0. The second-order valence-corrected chi connectivity index (χ2v) is 4.79. The normalized spacial score (nSPS) is 12.4. The van der Waals surface area contributed by atoms with Crippen LogP contribution in [0.2, 0.25) is 0 Å². The van der Waals surface area contributed by atoms with Gasteiger partial charge in [-0.05, 0) is 38.1 Å². The molecule has 1 heterocycles. The number of halogens is 1. The van der Waals surface area contributed by atoms with Crippen LogP contribution in [0.1, 0.15) is 25.6 Å². The summed E-state index contributed by atoms with van der Waals surface area (Å²) < 4.78 is 12.9. The molecule has 1 unspecified atom stereocenters. The lowest BCUT2D eigenvalue weighted by atomic mass is 10.3. The standard InChI is InChI=1S/C13H15FN2OS/c1-3-16(11-6-4-10(14)5-7-11)13-15-12(8-18-13)9(2)17/h4-9,17H,3H2,1-2H3. The van der Waals surface area contributed by atoms with Crippen LogP contribution in [-0.2, 0) is 0 Å². The van der Waals surface area contributed by atoms with Crippen molar-refractivity contribution in [3.05, 3.63) is 41.2 Å². The van der Waals surface area contributed by atoms with Crippen molar-refractivity contribution >= 4 is 22.2 Å². The van der Waals surface area contributed by atoms with Crippen LogP contribution in [0.5, 0.6) is 0 Å². The maximum atomic E-state index is 12.9. The molecule has 1 N–H and O–H groups in total. The second kappa shape index (κ2) is 5.46.